The van der Waals surface area contributed by atoms with Gasteiger partial charge in [0.15, 0.2) is 8.32 Å². The molecule has 0 saturated carbocycles. The van der Waals surface area contributed by atoms with Crippen LogP contribution in [0, 0.1) is 24.1 Å². The second-order valence-electron chi connectivity index (χ2n) is 7.42. The molecule has 0 amide bonds. The Balaban J connectivity index is 3.30. The lowest BCUT2D eigenvalue weighted by atomic mass is 9.92. The van der Waals surface area contributed by atoms with Gasteiger partial charge in [-0.25, -0.2) is 4.39 Å². The number of nitrogens with zero attached hydrogens (tertiary/aromatic N) is 1. The summed E-state index contributed by atoms with van der Waals surface area (Å²) in [5.74, 6) is 0.100. The summed E-state index contributed by atoms with van der Waals surface area (Å²) in [6.45, 7) is 10.3. The highest BCUT2D eigenvalue weighted by Gasteiger charge is 2.42. The number of hydrogen-bond acceptors (Lipinski definition) is 3. The zero-order valence-electron chi connectivity index (χ0n) is 15.0. The smallest absolute Gasteiger partial charge is 0.309 e. The molecule has 1 aromatic heterocycles. The second-order valence-corrected chi connectivity index (χ2v) is 12.2. The fraction of sp³-hybridized carbons (Fsp3) is 0.556. The largest absolute Gasteiger partial charge is 0.481 e. The molecule has 0 aliphatic rings. The summed E-state index contributed by atoms with van der Waals surface area (Å²) in [7, 11) is -2.28. The van der Waals surface area contributed by atoms with Gasteiger partial charge >= 0.3 is 5.97 Å². The summed E-state index contributed by atoms with van der Waals surface area (Å²) >= 11 is 0. The van der Waals surface area contributed by atoms with Crippen molar-refractivity contribution >= 4 is 14.3 Å². The van der Waals surface area contributed by atoms with Crippen molar-refractivity contribution in [1.82, 2.24) is 4.98 Å². The van der Waals surface area contributed by atoms with Gasteiger partial charge in [-0.2, -0.15) is 0 Å². The number of carboxylic acids is 1. The molecule has 1 aromatic rings. The first kappa shape index (κ1) is 20.3. The number of aliphatic carboxylic acids is 1. The third-order valence-corrected chi connectivity index (χ3v) is 9.02. The van der Waals surface area contributed by atoms with Gasteiger partial charge in [-0.05, 0) is 30.6 Å². The highest BCUT2D eigenvalue weighted by molar-refractivity contribution is 6.74. The van der Waals surface area contributed by atoms with Crippen molar-refractivity contribution in [2.24, 2.45) is 5.92 Å². The maximum Gasteiger partial charge on any atom is 0.309 e. The number of aromatic nitrogens is 1. The molecule has 0 fully saturated rings. The van der Waals surface area contributed by atoms with Crippen LogP contribution in [-0.2, 0) is 9.22 Å². The van der Waals surface area contributed by atoms with E-state index in [-0.39, 0.29) is 11.5 Å². The normalized spacial score (nSPS) is 14.7. The first-order chi connectivity index (χ1) is 11.0. The van der Waals surface area contributed by atoms with E-state index in [0.29, 0.717) is 12.0 Å². The van der Waals surface area contributed by atoms with Gasteiger partial charge in [0.1, 0.15) is 5.82 Å². The van der Waals surface area contributed by atoms with Crippen molar-refractivity contribution in [3.05, 3.63) is 29.8 Å². The molecule has 0 unspecified atom stereocenters. The molecule has 1 N–H and O–H groups in total. The summed E-state index contributed by atoms with van der Waals surface area (Å²) in [4.78, 5) is 15.6. The lowest BCUT2D eigenvalue weighted by Crippen LogP contribution is -2.44. The Kier molecular flexibility index (Phi) is 6.70. The van der Waals surface area contributed by atoms with Gasteiger partial charge in [0.2, 0.25) is 0 Å². The third-order valence-electron chi connectivity index (χ3n) is 4.56. The SMILES string of the molecule is C#CCC[C@@H](C(=O)O)[C@H](O[Si](C)(C)C(C)(C)C)c1cncc(F)c1. The van der Waals surface area contributed by atoms with E-state index in [0.717, 1.165) is 6.20 Å². The average molecular weight is 351 g/mol. The zero-order valence-corrected chi connectivity index (χ0v) is 16.0. The first-order valence-electron chi connectivity index (χ1n) is 7.94. The lowest BCUT2D eigenvalue weighted by molar-refractivity contribution is -0.145. The predicted octanol–water partition coefficient (Wildman–Crippen LogP) is 4.40. The van der Waals surface area contributed by atoms with Gasteiger partial charge in [0.05, 0.1) is 18.2 Å². The van der Waals surface area contributed by atoms with E-state index in [9.17, 15) is 14.3 Å². The Morgan fingerprint density at radius 1 is 1.46 bits per heavy atom. The maximum atomic E-state index is 13.6. The van der Waals surface area contributed by atoms with Crippen molar-refractivity contribution in [2.75, 3.05) is 0 Å². The summed E-state index contributed by atoms with van der Waals surface area (Å²) in [6.07, 6.45) is 7.65. The molecule has 24 heavy (non-hydrogen) atoms. The summed E-state index contributed by atoms with van der Waals surface area (Å²) in [5, 5.41) is 9.54. The van der Waals surface area contributed by atoms with Gasteiger partial charge in [0, 0.05) is 18.2 Å². The molecule has 0 spiro atoms. The van der Waals surface area contributed by atoms with Crippen molar-refractivity contribution in [1.29, 1.82) is 0 Å². The van der Waals surface area contributed by atoms with Crippen LogP contribution < -0.4 is 0 Å². The third kappa shape index (κ3) is 5.15. The topological polar surface area (TPSA) is 59.4 Å². The summed E-state index contributed by atoms with van der Waals surface area (Å²) in [5.41, 5.74) is 0.434. The van der Waals surface area contributed by atoms with Crippen LogP contribution in [-0.4, -0.2) is 24.4 Å². The fourth-order valence-corrected chi connectivity index (χ4v) is 3.39. The maximum absolute atomic E-state index is 13.6. The number of pyridine rings is 1. The lowest BCUT2D eigenvalue weighted by Gasteiger charge is -2.40. The van der Waals surface area contributed by atoms with E-state index in [1.165, 1.54) is 12.3 Å². The minimum atomic E-state index is -2.28. The standard InChI is InChI=1S/C18H26FNO3Si/c1-7-8-9-15(17(21)22)16(13-10-14(19)12-20-11-13)23-24(5,6)18(2,3)4/h1,10-12,15-16H,8-9H2,2-6H3,(H,21,22)/t15-,16-/m1/s1. The van der Waals surface area contributed by atoms with Crippen molar-refractivity contribution in [3.8, 4) is 12.3 Å². The van der Waals surface area contributed by atoms with Gasteiger partial charge in [0.25, 0.3) is 0 Å². The van der Waals surface area contributed by atoms with Crippen LogP contribution in [0.1, 0.15) is 45.3 Å². The fourth-order valence-electron chi connectivity index (χ4n) is 2.10. The van der Waals surface area contributed by atoms with Crippen molar-refractivity contribution in [2.45, 2.75) is 57.8 Å². The Bertz CT molecular complexity index is 619. The Labute approximate surface area is 144 Å². The van der Waals surface area contributed by atoms with E-state index in [4.69, 9.17) is 10.8 Å². The number of carbonyl (C=O) groups is 1. The Hall–Kier alpha value is -1.71. The van der Waals surface area contributed by atoms with Gasteiger partial charge in [-0.3, -0.25) is 9.78 Å². The second kappa shape index (κ2) is 7.91. The predicted molar refractivity (Wildman–Crippen MR) is 94.4 cm³/mol. The number of hydrogen-bond donors (Lipinski definition) is 1. The number of terminal acetylenes is 1. The van der Waals surface area contributed by atoms with Crippen LogP contribution >= 0.6 is 0 Å². The van der Waals surface area contributed by atoms with E-state index in [1.54, 1.807) is 0 Å². The van der Waals surface area contributed by atoms with Gasteiger partial charge in [-0.1, -0.05) is 20.8 Å². The molecule has 4 nitrogen and oxygen atoms in total. The molecule has 1 heterocycles. The van der Waals surface area contributed by atoms with Crippen molar-refractivity contribution in [3.63, 3.8) is 0 Å². The highest BCUT2D eigenvalue weighted by Crippen LogP contribution is 2.42. The number of rotatable bonds is 7. The highest BCUT2D eigenvalue weighted by atomic mass is 28.4. The molecule has 0 bridgehead atoms. The Morgan fingerprint density at radius 3 is 2.54 bits per heavy atom. The molecule has 6 heteroatoms. The van der Waals surface area contributed by atoms with E-state index >= 15 is 0 Å². The minimum Gasteiger partial charge on any atom is -0.481 e. The first-order valence-corrected chi connectivity index (χ1v) is 10.8. The van der Waals surface area contributed by atoms with Gasteiger partial charge in [-0.15, -0.1) is 12.3 Å². The van der Waals surface area contributed by atoms with Crippen LogP contribution in [0.25, 0.3) is 0 Å². The number of halogens is 1. The molecule has 0 aliphatic heterocycles. The molecule has 0 aliphatic carbocycles. The molecule has 0 saturated heterocycles. The van der Waals surface area contributed by atoms with Crippen LogP contribution in [0.5, 0.6) is 0 Å². The molecule has 132 valence electrons. The molecular formula is C18H26FNO3Si. The van der Waals surface area contributed by atoms with E-state index in [1.807, 2.05) is 13.1 Å². The van der Waals surface area contributed by atoms with E-state index < -0.39 is 32.1 Å². The molecule has 0 aromatic carbocycles. The average Bonchev–Trinajstić information content (AvgIpc) is 2.44. The molecule has 2 atom stereocenters. The summed E-state index contributed by atoms with van der Waals surface area (Å²) in [6, 6.07) is 1.29. The van der Waals surface area contributed by atoms with Crippen molar-refractivity contribution < 1.29 is 18.7 Å². The zero-order chi connectivity index (χ0) is 18.5. The number of carboxylic acid groups (broad SMARTS) is 1. The quantitative estimate of drug-likeness (QED) is 0.584. The minimum absolute atomic E-state index is 0.110. The van der Waals surface area contributed by atoms with Crippen LogP contribution in [0.3, 0.4) is 0 Å². The monoisotopic (exact) mass is 351 g/mol. The Morgan fingerprint density at radius 2 is 2.08 bits per heavy atom. The van der Waals surface area contributed by atoms with Crippen LogP contribution in [0.4, 0.5) is 4.39 Å². The van der Waals surface area contributed by atoms with Crippen LogP contribution in [0.2, 0.25) is 18.1 Å². The van der Waals surface area contributed by atoms with Gasteiger partial charge < -0.3 is 9.53 Å². The van der Waals surface area contributed by atoms with E-state index in [2.05, 4.69) is 31.7 Å². The molecule has 1 rings (SSSR count). The molecular weight excluding hydrogens is 325 g/mol. The molecule has 0 radical (unpaired) electrons. The summed E-state index contributed by atoms with van der Waals surface area (Å²) < 4.78 is 20.0. The van der Waals surface area contributed by atoms with Crippen LogP contribution in [0.15, 0.2) is 18.5 Å².